The summed E-state index contributed by atoms with van der Waals surface area (Å²) in [6.45, 7) is 3.76. The molecular weight excluding hydrogens is 697 g/mol. The van der Waals surface area contributed by atoms with E-state index in [9.17, 15) is 14.4 Å². The first kappa shape index (κ1) is 34.9. The standard InChI is InChI=1S/C41H44N10O4/c1-47-34(19-29-9-10-31(20-35(29)47)50-17-13-39(52)45-41(50)54)28-11-15-48(16-12-28)23-26-5-7-27(8-6-26)24-49-25-30-18-32(36(55-2)21-33(30)46-49)40(53)44-38-22-42-37-4-3-14-43-51(37)38/h3-4,9-10,14,18-22,24-28H,5-8,11-13,15-17,23H2,1-2H3,(H-,43,44,45,52,53,54)/p+1/b49-24-. The molecule has 2 aromatic carbocycles. The van der Waals surface area contributed by atoms with Crippen LogP contribution in [0.5, 0.6) is 5.75 Å². The second-order valence-electron chi connectivity index (χ2n) is 15.2. The number of hydrogen-bond acceptors (Lipinski definition) is 8. The zero-order valence-corrected chi connectivity index (χ0v) is 31.1. The van der Waals surface area contributed by atoms with E-state index < -0.39 is 0 Å². The molecule has 4 aliphatic rings. The summed E-state index contributed by atoms with van der Waals surface area (Å²) in [5, 5.41) is 17.3. The fourth-order valence-electron chi connectivity index (χ4n) is 8.81. The number of rotatable bonds is 8. The van der Waals surface area contributed by atoms with Crippen LogP contribution in [0.4, 0.5) is 16.3 Å². The van der Waals surface area contributed by atoms with Crippen LogP contribution in [-0.2, 0) is 11.8 Å². The summed E-state index contributed by atoms with van der Waals surface area (Å²) in [4.78, 5) is 46.1. The highest BCUT2D eigenvalue weighted by atomic mass is 16.5. The summed E-state index contributed by atoms with van der Waals surface area (Å²) in [6, 6.07) is 15.4. The van der Waals surface area contributed by atoms with Crippen molar-refractivity contribution in [1.29, 1.82) is 0 Å². The molecule has 2 N–H and O–H groups in total. The molecule has 0 spiro atoms. The Morgan fingerprint density at radius 2 is 1.87 bits per heavy atom. The van der Waals surface area contributed by atoms with Crippen molar-refractivity contribution in [2.45, 2.75) is 50.9 Å². The molecule has 282 valence electrons. The van der Waals surface area contributed by atoms with Gasteiger partial charge in [0, 0.05) is 72.5 Å². The monoisotopic (exact) mass is 741 g/mol. The van der Waals surface area contributed by atoms with Crippen LogP contribution in [0.1, 0.15) is 66.9 Å². The van der Waals surface area contributed by atoms with Gasteiger partial charge in [0.05, 0.1) is 29.6 Å². The number of nitrogens with zero attached hydrogens (tertiary/aromatic N) is 8. The number of piperidine rings is 1. The zero-order chi connectivity index (χ0) is 37.6. The number of fused-ring (bicyclic) bond motifs is 3. The Balaban J connectivity index is 0.786. The van der Waals surface area contributed by atoms with Crippen LogP contribution in [0.25, 0.3) is 22.8 Å². The molecule has 1 saturated carbocycles. The molecule has 0 radical (unpaired) electrons. The zero-order valence-electron chi connectivity index (χ0n) is 31.1. The number of imidazole rings is 1. The quantitative estimate of drug-likeness (QED) is 0.229. The van der Waals surface area contributed by atoms with Crippen molar-refractivity contribution in [3.05, 3.63) is 82.8 Å². The smallest absolute Gasteiger partial charge is 0.328 e. The number of amides is 4. The maximum absolute atomic E-state index is 13.4. The SMILES string of the molecule is COc1cc2c(cc1C(=O)Nc1cnc3cccnn13)=C/[N+](=C/C1CCC(CN3CCC(c4cc5ccc(N6CCC(=O)NC6=O)cc5n4C)CC3)CC1)N=2. The highest BCUT2D eigenvalue weighted by molar-refractivity contribution is 6.07. The predicted molar refractivity (Wildman–Crippen MR) is 208 cm³/mol. The number of methoxy groups -OCH3 is 1. The first-order chi connectivity index (χ1) is 26.8. The molecule has 55 heavy (non-hydrogen) atoms. The van der Waals surface area contributed by atoms with E-state index in [-0.39, 0.29) is 17.8 Å². The lowest BCUT2D eigenvalue weighted by Gasteiger charge is -2.36. The van der Waals surface area contributed by atoms with Crippen molar-refractivity contribution in [1.82, 2.24) is 29.4 Å². The topological polar surface area (TPSA) is 141 Å². The number of nitrogens with one attached hydrogen (secondary N) is 2. The third-order valence-electron chi connectivity index (χ3n) is 11.8. The number of carbonyl (C=O) groups excluding carboxylic acids is 3. The van der Waals surface area contributed by atoms with Gasteiger partial charge in [-0.25, -0.2) is 9.78 Å². The first-order valence-corrected chi connectivity index (χ1v) is 19.2. The van der Waals surface area contributed by atoms with Crippen LogP contribution < -0.4 is 30.8 Å². The molecule has 3 fully saturated rings. The number of anilines is 2. The Hall–Kier alpha value is -5.89. The number of hydrogen-bond donors (Lipinski definition) is 2. The van der Waals surface area contributed by atoms with Gasteiger partial charge in [0.1, 0.15) is 11.1 Å². The van der Waals surface area contributed by atoms with Gasteiger partial charge in [0.15, 0.2) is 17.7 Å². The normalized spacial score (nSPS) is 21.4. The van der Waals surface area contributed by atoms with E-state index in [2.05, 4.69) is 61.6 Å². The van der Waals surface area contributed by atoms with Crippen LogP contribution in [0.15, 0.2) is 66.0 Å². The van der Waals surface area contributed by atoms with E-state index in [0.717, 1.165) is 67.1 Å². The fourth-order valence-corrected chi connectivity index (χ4v) is 8.81. The number of aromatic nitrogens is 4. The van der Waals surface area contributed by atoms with Crippen molar-refractivity contribution in [2.75, 3.05) is 43.5 Å². The van der Waals surface area contributed by atoms with Gasteiger partial charge in [0.2, 0.25) is 12.1 Å². The lowest BCUT2D eigenvalue weighted by Crippen LogP contribution is -2.49. The number of carbonyl (C=O) groups is 3. The van der Waals surface area contributed by atoms with E-state index in [1.807, 2.05) is 35.1 Å². The molecular formula is C41H45N10O4+. The first-order valence-electron chi connectivity index (χ1n) is 19.2. The minimum atomic E-state index is -0.352. The fraction of sp³-hybridized carbons (Fsp3) is 0.390. The van der Waals surface area contributed by atoms with E-state index >= 15 is 0 Å². The Bertz CT molecular complexity index is 2490. The average Bonchev–Trinajstić information content (AvgIpc) is 3.89. The number of aryl methyl sites for hydroxylation is 1. The molecule has 4 amide bonds. The van der Waals surface area contributed by atoms with Gasteiger partial charge in [-0.15, -0.1) is 0 Å². The molecule has 2 saturated heterocycles. The van der Waals surface area contributed by atoms with Crippen LogP contribution in [-0.4, -0.2) is 86.1 Å². The number of likely N-dealkylation sites (tertiary alicyclic amines) is 1. The molecule has 3 aliphatic heterocycles. The van der Waals surface area contributed by atoms with Gasteiger partial charge in [-0.3, -0.25) is 19.8 Å². The third-order valence-corrected chi connectivity index (χ3v) is 11.8. The summed E-state index contributed by atoms with van der Waals surface area (Å²) in [5.74, 6) is 2.06. The Morgan fingerprint density at radius 3 is 2.67 bits per heavy atom. The molecule has 5 aromatic rings. The maximum Gasteiger partial charge on any atom is 0.328 e. The summed E-state index contributed by atoms with van der Waals surface area (Å²) in [7, 11) is 3.69. The summed E-state index contributed by atoms with van der Waals surface area (Å²) >= 11 is 0. The maximum atomic E-state index is 13.4. The van der Waals surface area contributed by atoms with E-state index in [1.54, 1.807) is 35.0 Å². The molecule has 1 aliphatic carbocycles. The Kier molecular flexibility index (Phi) is 9.12. The lowest BCUT2D eigenvalue weighted by atomic mass is 9.82. The molecule has 14 heteroatoms. The van der Waals surface area contributed by atoms with Crippen molar-refractivity contribution in [3.8, 4) is 5.75 Å². The molecule has 0 bridgehead atoms. The number of urea groups is 1. The summed E-state index contributed by atoms with van der Waals surface area (Å²) in [6.07, 6.45) is 14.7. The van der Waals surface area contributed by atoms with Gasteiger partial charge >= 0.3 is 6.03 Å². The van der Waals surface area contributed by atoms with Crippen LogP contribution in [0, 0.1) is 11.8 Å². The van der Waals surface area contributed by atoms with E-state index in [0.29, 0.717) is 53.5 Å². The molecule has 0 atom stereocenters. The number of imide groups is 1. The second-order valence-corrected chi connectivity index (χ2v) is 15.2. The minimum absolute atomic E-state index is 0.220. The van der Waals surface area contributed by atoms with Crippen molar-refractivity contribution >= 4 is 58.3 Å². The second kappa shape index (κ2) is 14.4. The van der Waals surface area contributed by atoms with Crippen molar-refractivity contribution in [3.63, 3.8) is 0 Å². The predicted octanol–water partition coefficient (Wildman–Crippen LogP) is 3.98. The van der Waals surface area contributed by atoms with Crippen molar-refractivity contribution in [2.24, 2.45) is 24.0 Å². The van der Waals surface area contributed by atoms with Crippen molar-refractivity contribution < 1.29 is 23.8 Å². The molecule has 0 unspecified atom stereocenters. The molecule has 14 nitrogen and oxygen atoms in total. The van der Waals surface area contributed by atoms with E-state index in [1.165, 1.54) is 23.9 Å². The lowest BCUT2D eigenvalue weighted by molar-refractivity contribution is -0.424. The van der Waals surface area contributed by atoms with Gasteiger partial charge in [-0.1, -0.05) is 10.8 Å². The average molecular weight is 742 g/mol. The molecule has 6 heterocycles. The van der Waals surface area contributed by atoms with Gasteiger partial charge in [-0.2, -0.15) is 9.61 Å². The van der Waals surface area contributed by atoms with Crippen LogP contribution in [0.3, 0.4) is 0 Å². The van der Waals surface area contributed by atoms with Gasteiger partial charge in [-0.05, 0) is 93.9 Å². The Morgan fingerprint density at radius 1 is 1.04 bits per heavy atom. The van der Waals surface area contributed by atoms with Crippen LogP contribution in [0.2, 0.25) is 0 Å². The number of ether oxygens (including phenoxy) is 1. The molecule has 9 rings (SSSR count). The van der Waals surface area contributed by atoms with Gasteiger partial charge in [0.25, 0.3) is 5.91 Å². The molecule has 3 aromatic heterocycles. The summed E-state index contributed by atoms with van der Waals surface area (Å²) in [5.41, 5.74) is 4.35. The van der Waals surface area contributed by atoms with Crippen LogP contribution >= 0.6 is 0 Å². The largest absolute Gasteiger partial charge is 0.496 e. The van der Waals surface area contributed by atoms with E-state index in [4.69, 9.17) is 9.84 Å². The third kappa shape index (κ3) is 6.86. The highest BCUT2D eigenvalue weighted by Gasteiger charge is 2.30. The number of benzene rings is 2. The van der Waals surface area contributed by atoms with Gasteiger partial charge < -0.3 is 19.5 Å². The Labute approximate surface area is 317 Å². The minimum Gasteiger partial charge on any atom is -0.496 e. The highest BCUT2D eigenvalue weighted by Crippen LogP contribution is 2.35. The summed E-state index contributed by atoms with van der Waals surface area (Å²) < 4.78 is 11.4.